The normalized spacial score (nSPS) is 21.6. The van der Waals surface area contributed by atoms with Gasteiger partial charge in [-0.05, 0) is 24.6 Å². The first-order valence-electron chi connectivity index (χ1n) is 6.49. The highest BCUT2D eigenvalue weighted by Crippen LogP contribution is 2.32. The van der Waals surface area contributed by atoms with Gasteiger partial charge in [0.25, 0.3) is 5.91 Å². The minimum Gasteiger partial charge on any atom is -0.508 e. The third-order valence-corrected chi connectivity index (χ3v) is 3.63. The number of benzene rings is 1. The molecule has 20 heavy (non-hydrogen) atoms. The summed E-state index contributed by atoms with van der Waals surface area (Å²) in [6, 6.07) is 5.72. The molecule has 3 N–H and O–H groups in total. The van der Waals surface area contributed by atoms with Crippen molar-refractivity contribution in [2.75, 3.05) is 13.1 Å². The Morgan fingerprint density at radius 2 is 2.00 bits per heavy atom. The smallest absolute Gasteiger partial charge is 0.319 e. The number of amides is 3. The van der Waals surface area contributed by atoms with Crippen LogP contribution in [0.2, 0.25) is 0 Å². The minimum atomic E-state index is -0.469. The van der Waals surface area contributed by atoms with Crippen LogP contribution in [0, 0.1) is 0 Å². The van der Waals surface area contributed by atoms with Crippen LogP contribution in [0.4, 0.5) is 4.79 Å². The minimum absolute atomic E-state index is 0.0620. The molecule has 0 spiro atoms. The summed E-state index contributed by atoms with van der Waals surface area (Å²) in [5.74, 6) is 0.0872. The molecule has 0 aromatic heterocycles. The molecule has 104 valence electrons. The van der Waals surface area contributed by atoms with Crippen LogP contribution in [0.25, 0.3) is 0 Å². The summed E-state index contributed by atoms with van der Waals surface area (Å²) in [5.41, 5.74) is 2.02. The number of hydrogen-bond acceptors (Lipinski definition) is 3. The van der Waals surface area contributed by atoms with Gasteiger partial charge in [0.1, 0.15) is 5.75 Å². The molecule has 0 radical (unpaired) electrons. The Morgan fingerprint density at radius 3 is 2.65 bits per heavy atom. The van der Waals surface area contributed by atoms with Gasteiger partial charge in [-0.25, -0.2) is 4.79 Å². The van der Waals surface area contributed by atoms with Gasteiger partial charge in [-0.2, -0.15) is 0 Å². The van der Waals surface area contributed by atoms with E-state index in [-0.39, 0.29) is 17.7 Å². The lowest BCUT2D eigenvalue weighted by Gasteiger charge is -2.25. The fourth-order valence-corrected chi connectivity index (χ4v) is 2.60. The standard InChI is InChI=1S/C14H15N3O3/c1-2-17-7-10-11(13(17)19)12(16-14(20)15-10)8-3-5-9(18)6-4-8/h3-6,12,18H,2,7H2,1H3,(H2,15,16,20)/t12-/m1/s1. The van der Waals surface area contributed by atoms with Crippen LogP contribution in [-0.4, -0.2) is 35.0 Å². The Kier molecular flexibility index (Phi) is 2.85. The van der Waals surface area contributed by atoms with Crippen LogP contribution >= 0.6 is 0 Å². The number of carbonyl (C=O) groups is 2. The number of nitrogens with one attached hydrogen (secondary N) is 2. The van der Waals surface area contributed by atoms with Crippen LogP contribution in [0.3, 0.4) is 0 Å². The second-order valence-corrected chi connectivity index (χ2v) is 4.83. The summed E-state index contributed by atoms with van der Waals surface area (Å²) in [5, 5.41) is 14.8. The molecule has 1 aromatic rings. The summed E-state index contributed by atoms with van der Waals surface area (Å²) in [7, 11) is 0. The Morgan fingerprint density at radius 1 is 1.30 bits per heavy atom. The van der Waals surface area contributed by atoms with Crippen molar-refractivity contribution in [2.24, 2.45) is 0 Å². The van der Waals surface area contributed by atoms with E-state index in [1.54, 1.807) is 29.2 Å². The van der Waals surface area contributed by atoms with E-state index < -0.39 is 6.04 Å². The van der Waals surface area contributed by atoms with Gasteiger partial charge in [-0.1, -0.05) is 12.1 Å². The van der Waals surface area contributed by atoms with Gasteiger partial charge in [0, 0.05) is 6.54 Å². The predicted octanol–water partition coefficient (Wildman–Crippen LogP) is 0.862. The number of rotatable bonds is 2. The van der Waals surface area contributed by atoms with Gasteiger partial charge < -0.3 is 20.6 Å². The van der Waals surface area contributed by atoms with Gasteiger partial charge in [0.15, 0.2) is 0 Å². The molecule has 3 amide bonds. The second kappa shape index (κ2) is 4.56. The molecule has 2 heterocycles. The largest absolute Gasteiger partial charge is 0.508 e. The van der Waals surface area contributed by atoms with E-state index >= 15 is 0 Å². The number of hydrogen-bond donors (Lipinski definition) is 3. The zero-order chi connectivity index (χ0) is 14.3. The summed E-state index contributed by atoms with van der Waals surface area (Å²) >= 11 is 0. The van der Waals surface area contributed by atoms with Crippen molar-refractivity contribution in [3.63, 3.8) is 0 Å². The first-order chi connectivity index (χ1) is 9.60. The van der Waals surface area contributed by atoms with Crippen molar-refractivity contribution in [3.8, 4) is 5.75 Å². The predicted molar refractivity (Wildman–Crippen MR) is 71.8 cm³/mol. The fourth-order valence-electron chi connectivity index (χ4n) is 2.60. The number of urea groups is 1. The number of phenolic OH excluding ortho intramolecular Hbond substituents is 1. The molecule has 0 saturated heterocycles. The summed E-state index contributed by atoms with van der Waals surface area (Å²) in [6.45, 7) is 2.94. The Labute approximate surface area is 116 Å². The van der Waals surface area contributed by atoms with Crippen molar-refractivity contribution < 1.29 is 14.7 Å². The highest BCUT2D eigenvalue weighted by atomic mass is 16.3. The number of likely N-dealkylation sites (N-methyl/N-ethyl adjacent to an activating group) is 1. The highest BCUT2D eigenvalue weighted by Gasteiger charge is 2.39. The van der Waals surface area contributed by atoms with Crippen LogP contribution < -0.4 is 10.6 Å². The van der Waals surface area contributed by atoms with E-state index in [0.29, 0.717) is 24.4 Å². The average molecular weight is 273 g/mol. The van der Waals surface area contributed by atoms with Crippen LogP contribution in [0.15, 0.2) is 35.5 Å². The van der Waals surface area contributed by atoms with Gasteiger partial charge in [0.2, 0.25) is 0 Å². The molecular formula is C14H15N3O3. The van der Waals surface area contributed by atoms with Crippen molar-refractivity contribution in [1.82, 2.24) is 15.5 Å². The Hall–Kier alpha value is -2.50. The Balaban J connectivity index is 2.01. The molecule has 1 aromatic carbocycles. The van der Waals surface area contributed by atoms with E-state index in [0.717, 1.165) is 5.56 Å². The first-order valence-corrected chi connectivity index (χ1v) is 6.49. The number of phenols is 1. The average Bonchev–Trinajstić information content (AvgIpc) is 2.75. The molecule has 0 aliphatic carbocycles. The molecule has 0 unspecified atom stereocenters. The molecule has 6 nitrogen and oxygen atoms in total. The van der Waals surface area contributed by atoms with E-state index in [4.69, 9.17) is 0 Å². The molecule has 6 heteroatoms. The molecular weight excluding hydrogens is 258 g/mol. The number of aromatic hydroxyl groups is 1. The van der Waals surface area contributed by atoms with Gasteiger partial charge in [-0.3, -0.25) is 4.79 Å². The number of nitrogens with zero attached hydrogens (tertiary/aromatic N) is 1. The lowest BCUT2D eigenvalue weighted by molar-refractivity contribution is -0.125. The van der Waals surface area contributed by atoms with E-state index in [2.05, 4.69) is 10.6 Å². The number of carbonyl (C=O) groups excluding carboxylic acids is 2. The molecule has 1 atom stereocenters. The molecule has 0 bridgehead atoms. The maximum atomic E-state index is 12.4. The molecule has 0 fully saturated rings. The van der Waals surface area contributed by atoms with Crippen molar-refractivity contribution in [1.29, 1.82) is 0 Å². The molecule has 2 aliphatic heterocycles. The zero-order valence-electron chi connectivity index (χ0n) is 11.0. The lowest BCUT2D eigenvalue weighted by Crippen LogP contribution is -2.44. The third kappa shape index (κ3) is 1.89. The highest BCUT2D eigenvalue weighted by molar-refractivity contribution is 6.01. The van der Waals surface area contributed by atoms with Crippen LogP contribution in [-0.2, 0) is 4.79 Å². The molecule has 3 rings (SSSR count). The van der Waals surface area contributed by atoms with Crippen molar-refractivity contribution in [3.05, 3.63) is 41.1 Å². The summed E-state index contributed by atoms with van der Waals surface area (Å²) in [4.78, 5) is 25.8. The maximum Gasteiger partial charge on any atom is 0.319 e. The fraction of sp³-hybridized carbons (Fsp3) is 0.286. The maximum absolute atomic E-state index is 12.4. The lowest BCUT2D eigenvalue weighted by atomic mass is 9.96. The van der Waals surface area contributed by atoms with E-state index in [1.807, 2.05) is 6.92 Å². The van der Waals surface area contributed by atoms with Gasteiger partial charge in [0.05, 0.1) is 23.9 Å². The quantitative estimate of drug-likeness (QED) is 0.747. The molecule has 0 saturated carbocycles. The summed E-state index contributed by atoms with van der Waals surface area (Å²) in [6.07, 6.45) is 0. The zero-order valence-corrected chi connectivity index (χ0v) is 11.0. The monoisotopic (exact) mass is 273 g/mol. The molecule has 2 aliphatic rings. The summed E-state index contributed by atoms with van der Waals surface area (Å²) < 4.78 is 0. The Bertz CT molecular complexity index is 607. The van der Waals surface area contributed by atoms with Crippen LogP contribution in [0.1, 0.15) is 18.5 Å². The third-order valence-electron chi connectivity index (χ3n) is 3.63. The van der Waals surface area contributed by atoms with E-state index in [9.17, 15) is 14.7 Å². The van der Waals surface area contributed by atoms with Crippen molar-refractivity contribution in [2.45, 2.75) is 13.0 Å². The van der Waals surface area contributed by atoms with Gasteiger partial charge >= 0.3 is 6.03 Å². The van der Waals surface area contributed by atoms with Crippen molar-refractivity contribution >= 4 is 11.9 Å². The van der Waals surface area contributed by atoms with Gasteiger partial charge in [-0.15, -0.1) is 0 Å². The van der Waals surface area contributed by atoms with Crippen LogP contribution in [0.5, 0.6) is 5.75 Å². The first kappa shape index (κ1) is 12.5. The topological polar surface area (TPSA) is 81.7 Å². The van der Waals surface area contributed by atoms with E-state index in [1.165, 1.54) is 0 Å². The SMILES string of the molecule is CCN1CC2=C(C1=O)[C@@H](c1ccc(O)cc1)NC(=O)N2. The second-order valence-electron chi connectivity index (χ2n) is 4.83.